The van der Waals surface area contributed by atoms with Crippen molar-refractivity contribution >= 4 is 33.8 Å². The number of piperidine rings is 1. The van der Waals surface area contributed by atoms with Gasteiger partial charge in [0.25, 0.3) is 0 Å². The molecule has 0 spiro atoms. The molecule has 6 nitrogen and oxygen atoms in total. The number of carbonyl (C=O) groups excluding carboxylic acids is 2. The molecule has 0 aliphatic carbocycles. The first-order chi connectivity index (χ1) is 13.0. The van der Waals surface area contributed by atoms with Crippen LogP contribution in [-0.4, -0.2) is 46.1 Å². The molecule has 2 amide bonds. The fraction of sp³-hybridized carbons (Fsp3) is 0.316. The van der Waals surface area contributed by atoms with Crippen LogP contribution in [-0.2, 0) is 9.59 Å². The second-order valence-electron chi connectivity index (χ2n) is 6.31. The number of nitrogens with one attached hydrogen (secondary N) is 1. The summed E-state index contributed by atoms with van der Waals surface area (Å²) in [5.41, 5.74) is 0.856. The highest BCUT2D eigenvalue weighted by Gasteiger charge is 2.16. The molecule has 1 saturated heterocycles. The van der Waals surface area contributed by atoms with E-state index in [-0.39, 0.29) is 18.4 Å². The van der Waals surface area contributed by atoms with Gasteiger partial charge >= 0.3 is 0 Å². The van der Waals surface area contributed by atoms with Crippen molar-refractivity contribution in [2.24, 2.45) is 0 Å². The summed E-state index contributed by atoms with van der Waals surface area (Å²) in [5, 5.41) is 6.62. The topological polar surface area (TPSA) is 67.2 Å². The molecule has 2 aromatic rings. The van der Waals surface area contributed by atoms with E-state index in [0.717, 1.165) is 36.8 Å². The van der Waals surface area contributed by atoms with E-state index in [1.54, 1.807) is 29.4 Å². The Labute approximate surface area is 165 Å². The number of hydrogen-bond donors (Lipinski definition) is 1. The number of amides is 2. The van der Waals surface area contributed by atoms with Crippen molar-refractivity contribution in [2.75, 3.05) is 19.6 Å². The van der Waals surface area contributed by atoms with Crippen LogP contribution in [0, 0.1) is 5.82 Å². The average Bonchev–Trinajstić information content (AvgIpc) is 3.11. The lowest BCUT2D eigenvalue weighted by atomic mass is 10.1. The Balaban J connectivity index is 1.54. The summed E-state index contributed by atoms with van der Waals surface area (Å²) >= 11 is 3.27. The molecule has 142 valence electrons. The number of hydrogen-bond acceptors (Lipinski definition) is 3. The number of nitrogens with zero attached hydrogens (tertiary/aromatic N) is 3. The van der Waals surface area contributed by atoms with Crippen molar-refractivity contribution in [3.05, 3.63) is 52.5 Å². The highest BCUT2D eigenvalue weighted by molar-refractivity contribution is 9.10. The van der Waals surface area contributed by atoms with Gasteiger partial charge in [-0.3, -0.25) is 9.59 Å². The van der Waals surface area contributed by atoms with Gasteiger partial charge in [-0.25, -0.2) is 9.07 Å². The minimum atomic E-state index is -0.451. The zero-order valence-corrected chi connectivity index (χ0v) is 16.3. The average molecular weight is 435 g/mol. The van der Waals surface area contributed by atoms with Crippen LogP contribution in [0.5, 0.6) is 0 Å². The predicted molar refractivity (Wildman–Crippen MR) is 104 cm³/mol. The number of rotatable bonds is 5. The van der Waals surface area contributed by atoms with Crippen LogP contribution in [0.25, 0.3) is 11.8 Å². The minimum absolute atomic E-state index is 0.0232. The van der Waals surface area contributed by atoms with E-state index in [4.69, 9.17) is 0 Å². The third kappa shape index (κ3) is 5.26. The quantitative estimate of drug-likeness (QED) is 0.735. The summed E-state index contributed by atoms with van der Waals surface area (Å²) in [6, 6.07) is 4.61. The molecule has 3 rings (SSSR count). The maximum Gasteiger partial charge on any atom is 0.244 e. The Morgan fingerprint density at radius 2 is 2.04 bits per heavy atom. The monoisotopic (exact) mass is 434 g/mol. The summed E-state index contributed by atoms with van der Waals surface area (Å²) in [5.74, 6) is -0.911. The molecule has 1 aromatic carbocycles. The molecule has 27 heavy (non-hydrogen) atoms. The van der Waals surface area contributed by atoms with Gasteiger partial charge in [0.2, 0.25) is 11.8 Å². The van der Waals surface area contributed by atoms with Gasteiger partial charge < -0.3 is 10.2 Å². The molecule has 0 atom stereocenters. The first-order valence-electron chi connectivity index (χ1n) is 8.77. The Hall–Kier alpha value is -2.48. The van der Waals surface area contributed by atoms with Crippen LogP contribution in [0.15, 0.2) is 41.1 Å². The molecule has 1 aliphatic heterocycles. The lowest BCUT2D eigenvalue weighted by molar-refractivity contribution is -0.132. The zero-order chi connectivity index (χ0) is 19.2. The van der Waals surface area contributed by atoms with E-state index < -0.39 is 5.82 Å². The fourth-order valence-corrected chi connectivity index (χ4v) is 3.18. The van der Waals surface area contributed by atoms with Crippen LogP contribution in [0.3, 0.4) is 0 Å². The summed E-state index contributed by atoms with van der Waals surface area (Å²) in [6.45, 7) is 1.48. The lowest BCUT2D eigenvalue weighted by Crippen LogP contribution is -2.42. The SMILES string of the molecule is O=C(/C=C/c1ccc(-n2cc(Br)cn2)c(F)c1)NCC(=O)N1CCCCC1. The second kappa shape index (κ2) is 8.94. The van der Waals surface area contributed by atoms with Crippen molar-refractivity contribution < 1.29 is 14.0 Å². The number of carbonyl (C=O) groups is 2. The third-order valence-electron chi connectivity index (χ3n) is 4.32. The molecule has 2 heterocycles. The van der Waals surface area contributed by atoms with Crippen LogP contribution in [0.4, 0.5) is 4.39 Å². The Morgan fingerprint density at radius 1 is 1.26 bits per heavy atom. The van der Waals surface area contributed by atoms with Crippen LogP contribution < -0.4 is 5.32 Å². The predicted octanol–water partition coefficient (Wildman–Crippen LogP) is 2.92. The van der Waals surface area contributed by atoms with Gasteiger partial charge in [-0.1, -0.05) is 6.07 Å². The number of benzene rings is 1. The van der Waals surface area contributed by atoms with Gasteiger partial charge in [-0.15, -0.1) is 0 Å². The van der Waals surface area contributed by atoms with E-state index in [2.05, 4.69) is 26.3 Å². The summed E-state index contributed by atoms with van der Waals surface area (Å²) < 4.78 is 16.4. The molecule has 1 aromatic heterocycles. The molecule has 0 saturated carbocycles. The van der Waals surface area contributed by atoms with Gasteiger partial charge in [0.15, 0.2) is 0 Å². The van der Waals surface area contributed by atoms with Crippen LogP contribution in [0.2, 0.25) is 0 Å². The molecular formula is C19H20BrFN4O2. The van der Waals surface area contributed by atoms with Gasteiger partial charge in [0.05, 0.1) is 17.2 Å². The van der Waals surface area contributed by atoms with E-state index >= 15 is 0 Å². The molecule has 1 aliphatic rings. The standard InChI is InChI=1S/C19H20BrFN4O2/c20-15-11-23-25(13-15)17-6-4-14(10-16(17)21)5-7-18(26)22-12-19(27)24-8-2-1-3-9-24/h4-7,10-11,13H,1-3,8-9,12H2,(H,22,26)/b7-5+. The van der Waals surface area contributed by atoms with Gasteiger partial charge in [0, 0.05) is 25.4 Å². The number of aromatic nitrogens is 2. The van der Waals surface area contributed by atoms with Crippen molar-refractivity contribution in [1.29, 1.82) is 0 Å². The fourth-order valence-electron chi connectivity index (χ4n) is 2.89. The minimum Gasteiger partial charge on any atom is -0.343 e. The lowest BCUT2D eigenvalue weighted by Gasteiger charge is -2.26. The largest absolute Gasteiger partial charge is 0.343 e. The number of halogens is 2. The van der Waals surface area contributed by atoms with Crippen molar-refractivity contribution in [3.63, 3.8) is 0 Å². The molecule has 0 unspecified atom stereocenters. The van der Waals surface area contributed by atoms with Crippen molar-refractivity contribution in [3.8, 4) is 5.69 Å². The van der Waals surface area contributed by atoms with E-state index in [1.807, 2.05) is 0 Å². The normalized spacial score (nSPS) is 14.5. The van der Waals surface area contributed by atoms with Crippen LogP contribution >= 0.6 is 15.9 Å². The maximum absolute atomic E-state index is 14.3. The molecule has 1 fully saturated rings. The van der Waals surface area contributed by atoms with E-state index in [9.17, 15) is 14.0 Å². The van der Waals surface area contributed by atoms with Crippen LogP contribution in [0.1, 0.15) is 24.8 Å². The van der Waals surface area contributed by atoms with Crippen molar-refractivity contribution in [1.82, 2.24) is 20.0 Å². The molecule has 0 bridgehead atoms. The van der Waals surface area contributed by atoms with Gasteiger partial charge in [-0.05, 0) is 59.0 Å². The Bertz CT molecular complexity index is 859. The summed E-state index contributed by atoms with van der Waals surface area (Å²) in [6.07, 6.45) is 9.19. The molecule has 0 radical (unpaired) electrons. The molecular weight excluding hydrogens is 415 g/mol. The smallest absolute Gasteiger partial charge is 0.244 e. The third-order valence-corrected chi connectivity index (χ3v) is 4.73. The highest BCUT2D eigenvalue weighted by atomic mass is 79.9. The highest BCUT2D eigenvalue weighted by Crippen LogP contribution is 2.18. The maximum atomic E-state index is 14.3. The second-order valence-corrected chi connectivity index (χ2v) is 7.22. The van der Waals surface area contributed by atoms with E-state index in [0.29, 0.717) is 11.3 Å². The Kier molecular flexibility index (Phi) is 6.39. The first-order valence-corrected chi connectivity index (χ1v) is 9.56. The Morgan fingerprint density at radius 3 is 2.70 bits per heavy atom. The first kappa shape index (κ1) is 19.3. The number of likely N-dealkylation sites (tertiary alicyclic amines) is 1. The molecule has 1 N–H and O–H groups in total. The zero-order valence-electron chi connectivity index (χ0n) is 14.7. The van der Waals surface area contributed by atoms with Gasteiger partial charge in [0.1, 0.15) is 11.5 Å². The molecule has 8 heteroatoms. The summed E-state index contributed by atoms with van der Waals surface area (Å²) in [7, 11) is 0. The van der Waals surface area contributed by atoms with E-state index in [1.165, 1.54) is 22.9 Å². The summed E-state index contributed by atoms with van der Waals surface area (Å²) in [4.78, 5) is 25.7. The van der Waals surface area contributed by atoms with Crippen molar-refractivity contribution in [2.45, 2.75) is 19.3 Å². The van der Waals surface area contributed by atoms with Gasteiger partial charge in [-0.2, -0.15) is 5.10 Å².